The third-order valence-electron chi connectivity index (χ3n) is 3.79. The van der Waals surface area contributed by atoms with Crippen LogP contribution in [0.3, 0.4) is 0 Å². The molecule has 0 radical (unpaired) electrons. The standard InChI is InChI=1S/C19H16ClNO4/c1-11-15-5-3-4-6-16(15)25-17(11)19(23)24-12(2)18(22)21-14-9-7-13(20)8-10-14/h3-10,12H,1-2H3,(H,21,22)/t12-/m1/s1. The van der Waals surface area contributed by atoms with Crippen molar-refractivity contribution in [1.29, 1.82) is 0 Å². The summed E-state index contributed by atoms with van der Waals surface area (Å²) in [5.41, 5.74) is 1.85. The molecule has 0 aliphatic heterocycles. The third kappa shape index (κ3) is 3.67. The van der Waals surface area contributed by atoms with Crippen LogP contribution in [0.4, 0.5) is 5.69 Å². The van der Waals surface area contributed by atoms with Gasteiger partial charge in [0.05, 0.1) is 0 Å². The van der Waals surface area contributed by atoms with Gasteiger partial charge in [-0.1, -0.05) is 29.8 Å². The average Bonchev–Trinajstić information content (AvgIpc) is 2.94. The molecule has 0 aliphatic rings. The van der Waals surface area contributed by atoms with E-state index < -0.39 is 18.0 Å². The van der Waals surface area contributed by atoms with Gasteiger partial charge < -0.3 is 14.5 Å². The predicted octanol–water partition coefficient (Wildman–Crippen LogP) is 4.58. The summed E-state index contributed by atoms with van der Waals surface area (Å²) in [6, 6.07) is 14.0. The number of ether oxygens (including phenoxy) is 1. The number of aryl methyl sites for hydroxylation is 1. The highest BCUT2D eigenvalue weighted by molar-refractivity contribution is 6.30. The molecule has 0 fully saturated rings. The Morgan fingerprint density at radius 1 is 1.12 bits per heavy atom. The van der Waals surface area contributed by atoms with Crippen LogP contribution in [-0.4, -0.2) is 18.0 Å². The SMILES string of the molecule is Cc1c(C(=O)O[C@H](C)C(=O)Nc2ccc(Cl)cc2)oc2ccccc12. The summed E-state index contributed by atoms with van der Waals surface area (Å²) in [5, 5.41) is 4.07. The van der Waals surface area contributed by atoms with Gasteiger partial charge in [-0.25, -0.2) is 4.79 Å². The van der Waals surface area contributed by atoms with Crippen molar-refractivity contribution in [2.24, 2.45) is 0 Å². The van der Waals surface area contributed by atoms with Crippen LogP contribution in [0.1, 0.15) is 23.0 Å². The van der Waals surface area contributed by atoms with Gasteiger partial charge in [0.2, 0.25) is 5.76 Å². The van der Waals surface area contributed by atoms with E-state index in [2.05, 4.69) is 5.32 Å². The van der Waals surface area contributed by atoms with Gasteiger partial charge >= 0.3 is 5.97 Å². The molecule has 1 aromatic heterocycles. The summed E-state index contributed by atoms with van der Waals surface area (Å²) in [6.07, 6.45) is -0.976. The molecule has 1 N–H and O–H groups in total. The Hall–Kier alpha value is -2.79. The van der Waals surface area contributed by atoms with Crippen molar-refractivity contribution in [2.45, 2.75) is 20.0 Å². The van der Waals surface area contributed by atoms with E-state index in [0.29, 0.717) is 21.9 Å². The van der Waals surface area contributed by atoms with Gasteiger partial charge in [0.15, 0.2) is 6.10 Å². The molecule has 0 unspecified atom stereocenters. The van der Waals surface area contributed by atoms with Crippen LogP contribution in [-0.2, 0) is 9.53 Å². The van der Waals surface area contributed by atoms with Crippen molar-refractivity contribution in [3.63, 3.8) is 0 Å². The van der Waals surface area contributed by atoms with Crippen LogP contribution >= 0.6 is 11.6 Å². The topological polar surface area (TPSA) is 68.5 Å². The van der Waals surface area contributed by atoms with E-state index in [1.807, 2.05) is 18.2 Å². The number of furan rings is 1. The Kier molecular flexibility index (Phi) is 4.76. The van der Waals surface area contributed by atoms with E-state index in [0.717, 1.165) is 5.39 Å². The molecule has 3 rings (SSSR count). The van der Waals surface area contributed by atoms with Gasteiger partial charge in [-0.15, -0.1) is 0 Å². The van der Waals surface area contributed by atoms with Crippen LogP contribution in [0.25, 0.3) is 11.0 Å². The zero-order chi connectivity index (χ0) is 18.0. The van der Waals surface area contributed by atoms with E-state index in [1.54, 1.807) is 37.3 Å². The van der Waals surface area contributed by atoms with Gasteiger partial charge in [0, 0.05) is 21.7 Å². The number of hydrogen-bond donors (Lipinski definition) is 1. The molecule has 0 saturated heterocycles. The number of carbonyl (C=O) groups is 2. The molecule has 1 heterocycles. The minimum atomic E-state index is -0.976. The summed E-state index contributed by atoms with van der Waals surface area (Å²) < 4.78 is 10.8. The predicted molar refractivity (Wildman–Crippen MR) is 95.9 cm³/mol. The maximum absolute atomic E-state index is 12.3. The number of benzene rings is 2. The number of carbonyl (C=O) groups excluding carboxylic acids is 2. The Bertz CT molecular complexity index is 930. The fourth-order valence-corrected chi connectivity index (χ4v) is 2.54. The molecule has 2 aromatic carbocycles. The monoisotopic (exact) mass is 357 g/mol. The highest BCUT2D eigenvalue weighted by atomic mass is 35.5. The Morgan fingerprint density at radius 2 is 1.80 bits per heavy atom. The Morgan fingerprint density at radius 3 is 2.48 bits per heavy atom. The first-order valence-corrected chi connectivity index (χ1v) is 8.09. The number of para-hydroxylation sites is 1. The molecule has 25 heavy (non-hydrogen) atoms. The lowest BCUT2D eigenvalue weighted by Crippen LogP contribution is -2.30. The van der Waals surface area contributed by atoms with E-state index in [-0.39, 0.29) is 5.76 Å². The number of esters is 1. The minimum Gasteiger partial charge on any atom is -0.449 e. The van der Waals surface area contributed by atoms with Crippen LogP contribution in [0, 0.1) is 6.92 Å². The number of amides is 1. The zero-order valence-electron chi connectivity index (χ0n) is 13.7. The molecule has 0 bridgehead atoms. The fraction of sp³-hybridized carbons (Fsp3) is 0.158. The summed E-state index contributed by atoms with van der Waals surface area (Å²) in [7, 11) is 0. The molecule has 0 aliphatic carbocycles. The largest absolute Gasteiger partial charge is 0.449 e. The summed E-state index contributed by atoms with van der Waals surface area (Å²) >= 11 is 5.80. The zero-order valence-corrected chi connectivity index (χ0v) is 14.5. The number of rotatable bonds is 4. The molecule has 6 heteroatoms. The molecule has 3 aromatic rings. The second-order valence-corrected chi connectivity index (χ2v) is 6.03. The van der Waals surface area contributed by atoms with Gasteiger partial charge in [-0.05, 0) is 44.2 Å². The molecule has 0 saturated carbocycles. The van der Waals surface area contributed by atoms with E-state index >= 15 is 0 Å². The van der Waals surface area contributed by atoms with Crippen molar-refractivity contribution >= 4 is 40.1 Å². The molecule has 0 spiro atoms. The average molecular weight is 358 g/mol. The summed E-state index contributed by atoms with van der Waals surface area (Å²) in [6.45, 7) is 3.28. The second kappa shape index (κ2) is 6.99. The van der Waals surface area contributed by atoms with Crippen LogP contribution in [0.5, 0.6) is 0 Å². The molecule has 5 nitrogen and oxygen atoms in total. The maximum atomic E-state index is 12.3. The van der Waals surface area contributed by atoms with Gasteiger partial charge in [0.25, 0.3) is 5.91 Å². The Labute approximate surface area is 149 Å². The van der Waals surface area contributed by atoms with Crippen molar-refractivity contribution in [2.75, 3.05) is 5.32 Å². The number of fused-ring (bicyclic) bond motifs is 1. The van der Waals surface area contributed by atoms with Crippen LogP contribution in [0.2, 0.25) is 5.02 Å². The van der Waals surface area contributed by atoms with Crippen molar-refractivity contribution in [1.82, 2.24) is 0 Å². The fourth-order valence-electron chi connectivity index (χ4n) is 2.41. The molecular formula is C19H16ClNO4. The van der Waals surface area contributed by atoms with Crippen molar-refractivity contribution in [3.05, 3.63) is 64.9 Å². The molecule has 128 valence electrons. The van der Waals surface area contributed by atoms with Gasteiger partial charge in [0.1, 0.15) is 5.58 Å². The maximum Gasteiger partial charge on any atom is 0.375 e. The Balaban J connectivity index is 1.69. The number of hydrogen-bond acceptors (Lipinski definition) is 4. The normalized spacial score (nSPS) is 12.0. The first kappa shape index (κ1) is 17.0. The lowest BCUT2D eigenvalue weighted by Gasteiger charge is -2.13. The summed E-state index contributed by atoms with van der Waals surface area (Å²) in [5.74, 6) is -1.01. The van der Waals surface area contributed by atoms with E-state index in [4.69, 9.17) is 20.8 Å². The van der Waals surface area contributed by atoms with Crippen LogP contribution < -0.4 is 5.32 Å². The molecule has 1 atom stereocenters. The van der Waals surface area contributed by atoms with Gasteiger partial charge in [-0.3, -0.25) is 4.79 Å². The van der Waals surface area contributed by atoms with E-state index in [9.17, 15) is 9.59 Å². The number of halogens is 1. The highest BCUT2D eigenvalue weighted by Crippen LogP contribution is 2.25. The minimum absolute atomic E-state index is 0.104. The van der Waals surface area contributed by atoms with Crippen molar-refractivity contribution in [3.8, 4) is 0 Å². The summed E-state index contributed by atoms with van der Waals surface area (Å²) in [4.78, 5) is 24.5. The highest BCUT2D eigenvalue weighted by Gasteiger charge is 2.24. The van der Waals surface area contributed by atoms with E-state index in [1.165, 1.54) is 6.92 Å². The lowest BCUT2D eigenvalue weighted by molar-refractivity contribution is -0.123. The van der Waals surface area contributed by atoms with Crippen molar-refractivity contribution < 1.29 is 18.7 Å². The quantitative estimate of drug-likeness (QED) is 0.694. The number of nitrogens with one attached hydrogen (secondary N) is 1. The second-order valence-electron chi connectivity index (χ2n) is 5.60. The molecule has 1 amide bonds. The first-order valence-electron chi connectivity index (χ1n) is 7.71. The smallest absolute Gasteiger partial charge is 0.375 e. The lowest BCUT2D eigenvalue weighted by atomic mass is 10.1. The third-order valence-corrected chi connectivity index (χ3v) is 4.05. The van der Waals surface area contributed by atoms with Gasteiger partial charge in [-0.2, -0.15) is 0 Å². The first-order chi connectivity index (χ1) is 12.0. The van der Waals surface area contributed by atoms with Crippen LogP contribution in [0.15, 0.2) is 52.9 Å². The number of anilines is 1. The molecular weight excluding hydrogens is 342 g/mol.